The molecular formula is C16H16N2O6S. The highest BCUT2D eigenvalue weighted by Gasteiger charge is 2.22. The van der Waals surface area contributed by atoms with E-state index in [2.05, 4.69) is 9.46 Å². The van der Waals surface area contributed by atoms with Gasteiger partial charge in [0.2, 0.25) is 0 Å². The number of benzene rings is 2. The number of methoxy groups -OCH3 is 1. The number of nitro benzene ring substituents is 1. The van der Waals surface area contributed by atoms with E-state index in [0.29, 0.717) is 11.1 Å². The zero-order valence-electron chi connectivity index (χ0n) is 13.8. The first-order valence-corrected chi connectivity index (χ1v) is 8.61. The number of hydrogen-bond donors (Lipinski definition) is 1. The van der Waals surface area contributed by atoms with Gasteiger partial charge in [-0.15, -0.1) is 0 Å². The van der Waals surface area contributed by atoms with E-state index in [4.69, 9.17) is 0 Å². The van der Waals surface area contributed by atoms with Crippen molar-refractivity contribution in [2.75, 3.05) is 11.8 Å². The minimum atomic E-state index is -4.03. The van der Waals surface area contributed by atoms with Gasteiger partial charge >= 0.3 is 5.97 Å². The van der Waals surface area contributed by atoms with Gasteiger partial charge in [-0.3, -0.25) is 14.8 Å². The highest BCUT2D eigenvalue weighted by atomic mass is 32.2. The number of carbonyl (C=O) groups is 1. The van der Waals surface area contributed by atoms with Crippen LogP contribution in [0.15, 0.2) is 41.3 Å². The van der Waals surface area contributed by atoms with Crippen LogP contribution >= 0.6 is 0 Å². The molecule has 8 nitrogen and oxygen atoms in total. The predicted octanol–water partition coefficient (Wildman–Crippen LogP) is 2.80. The molecule has 25 heavy (non-hydrogen) atoms. The Morgan fingerprint density at radius 2 is 1.76 bits per heavy atom. The van der Waals surface area contributed by atoms with Gasteiger partial charge < -0.3 is 4.74 Å². The molecule has 0 saturated heterocycles. The first-order chi connectivity index (χ1) is 11.7. The number of nitrogens with one attached hydrogen (secondary N) is 1. The molecule has 0 saturated carbocycles. The Morgan fingerprint density at radius 3 is 2.28 bits per heavy atom. The molecule has 9 heteroatoms. The number of esters is 1. The van der Waals surface area contributed by atoms with Gasteiger partial charge in [0, 0.05) is 17.8 Å². The molecule has 0 bridgehead atoms. The Morgan fingerprint density at radius 1 is 1.16 bits per heavy atom. The molecule has 0 amide bonds. The normalized spacial score (nSPS) is 11.0. The van der Waals surface area contributed by atoms with E-state index >= 15 is 0 Å². The lowest BCUT2D eigenvalue weighted by Crippen LogP contribution is -2.15. The van der Waals surface area contributed by atoms with Gasteiger partial charge in [0.25, 0.3) is 15.7 Å². The van der Waals surface area contributed by atoms with Gasteiger partial charge in [0.1, 0.15) is 0 Å². The van der Waals surface area contributed by atoms with Crippen LogP contribution in [0.25, 0.3) is 0 Å². The third kappa shape index (κ3) is 3.94. The number of rotatable bonds is 5. The number of anilines is 1. The van der Waals surface area contributed by atoms with E-state index in [1.54, 1.807) is 13.8 Å². The molecule has 132 valence electrons. The second kappa shape index (κ2) is 6.89. The summed E-state index contributed by atoms with van der Waals surface area (Å²) in [6, 6.07) is 7.98. The molecule has 2 rings (SSSR count). The standard InChI is InChI=1S/C16H16N2O6S/c1-10-8-14(18(20)21)9-15(11(10)2)25(22,23)17-13-6-4-12(5-7-13)16(19)24-3/h4-9,17H,1-3H3. The minimum absolute atomic E-state index is 0.170. The number of aryl methyl sites for hydroxylation is 1. The molecule has 1 N–H and O–H groups in total. The Bertz CT molecular complexity index is 936. The van der Waals surface area contributed by atoms with E-state index in [1.807, 2.05) is 0 Å². The lowest BCUT2D eigenvalue weighted by atomic mass is 10.1. The van der Waals surface area contributed by atoms with E-state index in [0.717, 1.165) is 6.07 Å². The number of carbonyl (C=O) groups excluding carboxylic acids is 1. The summed E-state index contributed by atoms with van der Waals surface area (Å²) in [6.45, 7) is 3.18. The lowest BCUT2D eigenvalue weighted by Gasteiger charge is -2.12. The molecule has 0 aliphatic heterocycles. The van der Waals surface area contributed by atoms with Gasteiger partial charge in [-0.2, -0.15) is 0 Å². The second-order valence-electron chi connectivity index (χ2n) is 5.32. The summed E-state index contributed by atoms with van der Waals surface area (Å²) in [5, 5.41) is 11.0. The van der Waals surface area contributed by atoms with Crippen LogP contribution in [0.3, 0.4) is 0 Å². The summed E-state index contributed by atoms with van der Waals surface area (Å²) in [7, 11) is -2.79. The highest BCUT2D eigenvalue weighted by Crippen LogP contribution is 2.27. The van der Waals surface area contributed by atoms with Crippen molar-refractivity contribution in [2.45, 2.75) is 18.7 Å². The Labute approximate surface area is 144 Å². The SMILES string of the molecule is COC(=O)c1ccc(NS(=O)(=O)c2cc([N+](=O)[O-])cc(C)c2C)cc1. The minimum Gasteiger partial charge on any atom is -0.465 e. The van der Waals surface area contributed by atoms with Crippen LogP contribution in [0.5, 0.6) is 0 Å². The van der Waals surface area contributed by atoms with E-state index in [1.165, 1.54) is 37.4 Å². The van der Waals surface area contributed by atoms with Gasteiger partial charge in [-0.05, 0) is 49.2 Å². The molecule has 2 aromatic carbocycles. The van der Waals surface area contributed by atoms with Crippen LogP contribution in [-0.2, 0) is 14.8 Å². The van der Waals surface area contributed by atoms with Crippen molar-refractivity contribution >= 4 is 27.4 Å². The zero-order chi connectivity index (χ0) is 18.8. The first-order valence-electron chi connectivity index (χ1n) is 7.12. The summed E-state index contributed by atoms with van der Waals surface area (Å²) in [5.41, 5.74) is 1.11. The van der Waals surface area contributed by atoms with Crippen LogP contribution in [0.4, 0.5) is 11.4 Å². The fraction of sp³-hybridized carbons (Fsp3) is 0.188. The Balaban J connectivity index is 2.39. The summed E-state index contributed by atoms with van der Waals surface area (Å²) in [5.74, 6) is -0.542. The Hall–Kier alpha value is -2.94. The summed E-state index contributed by atoms with van der Waals surface area (Å²) in [6.07, 6.45) is 0. The van der Waals surface area contributed by atoms with Gasteiger partial charge in [0.15, 0.2) is 0 Å². The maximum Gasteiger partial charge on any atom is 0.337 e. The second-order valence-corrected chi connectivity index (χ2v) is 6.97. The molecule has 0 aliphatic carbocycles. The highest BCUT2D eigenvalue weighted by molar-refractivity contribution is 7.92. The van der Waals surface area contributed by atoms with Crippen molar-refractivity contribution in [1.29, 1.82) is 0 Å². The predicted molar refractivity (Wildman–Crippen MR) is 91.2 cm³/mol. The van der Waals surface area contributed by atoms with Gasteiger partial charge in [0.05, 0.1) is 22.5 Å². The maximum atomic E-state index is 12.6. The average Bonchev–Trinajstić information content (AvgIpc) is 2.56. The fourth-order valence-corrected chi connectivity index (χ4v) is 3.59. The van der Waals surface area contributed by atoms with Gasteiger partial charge in [-0.1, -0.05) is 0 Å². The first kappa shape index (κ1) is 18.4. The van der Waals surface area contributed by atoms with Crippen molar-refractivity contribution in [3.8, 4) is 0 Å². The molecular weight excluding hydrogens is 348 g/mol. The number of nitro groups is 1. The number of non-ortho nitro benzene ring substituents is 1. The van der Waals surface area contributed by atoms with Crippen LogP contribution in [-0.4, -0.2) is 26.4 Å². The smallest absolute Gasteiger partial charge is 0.337 e. The molecule has 0 radical (unpaired) electrons. The average molecular weight is 364 g/mol. The Kier molecular flexibility index (Phi) is 5.07. The van der Waals surface area contributed by atoms with Crippen molar-refractivity contribution in [3.63, 3.8) is 0 Å². The fourth-order valence-electron chi connectivity index (χ4n) is 2.20. The van der Waals surface area contributed by atoms with Crippen molar-refractivity contribution in [3.05, 3.63) is 63.2 Å². The van der Waals surface area contributed by atoms with E-state index in [9.17, 15) is 23.3 Å². The molecule has 0 aliphatic rings. The summed E-state index contributed by atoms with van der Waals surface area (Å²) in [4.78, 5) is 21.6. The van der Waals surface area contributed by atoms with Crippen LogP contribution in [0, 0.1) is 24.0 Å². The van der Waals surface area contributed by atoms with Crippen LogP contribution in [0.2, 0.25) is 0 Å². The van der Waals surface area contributed by atoms with Crippen molar-refractivity contribution < 1.29 is 22.9 Å². The van der Waals surface area contributed by atoms with E-state index in [-0.39, 0.29) is 21.8 Å². The molecule has 0 unspecified atom stereocenters. The van der Waals surface area contributed by atoms with Gasteiger partial charge in [-0.25, -0.2) is 13.2 Å². The molecule has 0 spiro atoms. The topological polar surface area (TPSA) is 116 Å². The molecule has 0 fully saturated rings. The quantitative estimate of drug-likeness (QED) is 0.495. The molecule has 0 atom stereocenters. The molecule has 2 aromatic rings. The maximum absolute atomic E-state index is 12.6. The number of sulfonamides is 1. The summed E-state index contributed by atoms with van der Waals surface area (Å²) < 4.78 is 32.1. The number of ether oxygens (including phenoxy) is 1. The molecule has 0 aromatic heterocycles. The van der Waals surface area contributed by atoms with Crippen molar-refractivity contribution in [1.82, 2.24) is 0 Å². The largest absolute Gasteiger partial charge is 0.465 e. The monoisotopic (exact) mass is 364 g/mol. The molecule has 0 heterocycles. The third-order valence-electron chi connectivity index (χ3n) is 3.66. The summed E-state index contributed by atoms with van der Waals surface area (Å²) >= 11 is 0. The zero-order valence-corrected chi connectivity index (χ0v) is 14.6. The lowest BCUT2D eigenvalue weighted by molar-refractivity contribution is -0.385. The van der Waals surface area contributed by atoms with Crippen molar-refractivity contribution in [2.24, 2.45) is 0 Å². The van der Waals surface area contributed by atoms with Crippen LogP contribution < -0.4 is 4.72 Å². The number of hydrogen-bond acceptors (Lipinski definition) is 6. The third-order valence-corrected chi connectivity index (χ3v) is 5.17. The van der Waals surface area contributed by atoms with Crippen LogP contribution in [0.1, 0.15) is 21.5 Å². The van der Waals surface area contributed by atoms with E-state index < -0.39 is 20.9 Å². The number of nitrogens with zero attached hydrogens (tertiary/aromatic N) is 1.